The van der Waals surface area contributed by atoms with Gasteiger partial charge in [-0.3, -0.25) is 0 Å². The summed E-state index contributed by atoms with van der Waals surface area (Å²) in [5.41, 5.74) is 4.10. The van der Waals surface area contributed by atoms with E-state index in [1.54, 1.807) is 55.6 Å². The van der Waals surface area contributed by atoms with E-state index in [0.29, 0.717) is 22.4 Å². The third-order valence-electron chi connectivity index (χ3n) is 5.34. The van der Waals surface area contributed by atoms with Gasteiger partial charge in [0.2, 0.25) is 15.4 Å². The molecule has 0 saturated heterocycles. The largest absolute Gasteiger partial charge is 0.493 e. The Balaban J connectivity index is 2.08. The van der Waals surface area contributed by atoms with Crippen molar-refractivity contribution in [2.24, 2.45) is 4.99 Å². The maximum absolute atomic E-state index is 13.6. The Hall–Kier alpha value is -3.38. The van der Waals surface area contributed by atoms with Crippen LogP contribution in [0.2, 0.25) is 0 Å². The van der Waals surface area contributed by atoms with Crippen molar-refractivity contribution < 1.29 is 17.6 Å². The number of aryl methyl sites for hydroxylation is 2. The summed E-state index contributed by atoms with van der Waals surface area (Å²) < 4.78 is 38.6. The smallest absolute Gasteiger partial charge is 0.239 e. The maximum Gasteiger partial charge on any atom is 0.239 e. The molecule has 0 N–H and O–H groups in total. The molecule has 0 aliphatic rings. The summed E-state index contributed by atoms with van der Waals surface area (Å²) in [4.78, 5) is 4.83. The summed E-state index contributed by atoms with van der Waals surface area (Å²) in [6, 6.07) is 19.4. The maximum atomic E-state index is 13.6. The van der Waals surface area contributed by atoms with Gasteiger partial charge in [0, 0.05) is 5.39 Å². The lowest BCUT2D eigenvalue weighted by atomic mass is 10.1. The number of sulfone groups is 1. The lowest BCUT2D eigenvalue weighted by Crippen LogP contribution is -2.16. The first-order valence-corrected chi connectivity index (χ1v) is 11.3. The molecule has 31 heavy (non-hydrogen) atoms. The van der Waals surface area contributed by atoms with Gasteiger partial charge >= 0.3 is 0 Å². The molecule has 4 rings (SSSR count). The fourth-order valence-electron chi connectivity index (χ4n) is 3.35. The van der Waals surface area contributed by atoms with Crippen molar-refractivity contribution in [1.29, 1.82) is 0 Å². The van der Waals surface area contributed by atoms with Crippen molar-refractivity contribution in [3.8, 4) is 5.75 Å². The summed E-state index contributed by atoms with van der Waals surface area (Å²) in [5.74, 6) is 0.509. The zero-order chi connectivity index (χ0) is 22.2. The van der Waals surface area contributed by atoms with Crippen LogP contribution in [-0.2, 0) is 9.84 Å². The molecule has 1 aromatic heterocycles. The van der Waals surface area contributed by atoms with E-state index < -0.39 is 9.84 Å². The Bertz CT molecular complexity index is 1450. The number of rotatable bonds is 4. The quantitative estimate of drug-likeness (QED) is 0.430. The van der Waals surface area contributed by atoms with Crippen LogP contribution in [0.1, 0.15) is 16.7 Å². The minimum Gasteiger partial charge on any atom is -0.493 e. The van der Waals surface area contributed by atoms with E-state index in [4.69, 9.17) is 9.15 Å². The van der Waals surface area contributed by atoms with Gasteiger partial charge in [-0.1, -0.05) is 42.0 Å². The number of para-hydroxylation sites is 1. The average molecular weight is 434 g/mol. The number of fused-ring (bicyclic) bond motifs is 1. The first-order valence-electron chi connectivity index (χ1n) is 9.85. The number of hydrogen-bond acceptors (Lipinski definition) is 5. The van der Waals surface area contributed by atoms with Crippen molar-refractivity contribution in [2.75, 3.05) is 7.11 Å². The summed E-state index contributed by atoms with van der Waals surface area (Å²) in [7, 11) is -2.32. The third-order valence-corrected chi connectivity index (χ3v) is 7.11. The molecule has 0 spiro atoms. The highest BCUT2D eigenvalue weighted by Gasteiger charge is 2.23. The third kappa shape index (κ3) is 3.86. The number of benzene rings is 3. The van der Waals surface area contributed by atoms with Gasteiger partial charge in [0.05, 0.1) is 17.7 Å². The van der Waals surface area contributed by atoms with E-state index in [0.717, 1.165) is 16.7 Å². The minimum atomic E-state index is -3.87. The van der Waals surface area contributed by atoms with Gasteiger partial charge in [-0.15, -0.1) is 0 Å². The Morgan fingerprint density at radius 1 is 0.903 bits per heavy atom. The standard InChI is InChI=1S/C25H23NO4S/c1-16-11-13-20(14-12-16)31(27,28)23-15-19-8-6-10-22(29-4)24(19)30-25(23)26-21-9-5-7-17(2)18(21)3/h5-15H,1-4H3. The molecule has 0 fully saturated rings. The first-order chi connectivity index (χ1) is 14.8. The predicted molar refractivity (Wildman–Crippen MR) is 121 cm³/mol. The van der Waals surface area contributed by atoms with Gasteiger partial charge in [-0.2, -0.15) is 0 Å². The molecule has 6 heteroatoms. The van der Waals surface area contributed by atoms with E-state index in [2.05, 4.69) is 4.99 Å². The van der Waals surface area contributed by atoms with Crippen LogP contribution in [0.4, 0.5) is 5.69 Å². The van der Waals surface area contributed by atoms with Crippen LogP contribution < -0.4 is 10.3 Å². The second-order valence-corrected chi connectivity index (χ2v) is 9.36. The molecule has 5 nitrogen and oxygen atoms in total. The van der Waals surface area contributed by atoms with Crippen molar-refractivity contribution in [2.45, 2.75) is 30.6 Å². The van der Waals surface area contributed by atoms with Crippen LogP contribution in [0.25, 0.3) is 11.0 Å². The molecule has 3 aromatic carbocycles. The molecule has 0 amide bonds. The van der Waals surface area contributed by atoms with Crippen LogP contribution in [0, 0.1) is 20.8 Å². The van der Waals surface area contributed by atoms with E-state index in [1.165, 1.54) is 0 Å². The second-order valence-electron chi connectivity index (χ2n) is 7.44. The monoisotopic (exact) mass is 433 g/mol. The lowest BCUT2D eigenvalue weighted by Gasteiger charge is -2.10. The van der Waals surface area contributed by atoms with Crippen LogP contribution in [0.15, 0.2) is 85.9 Å². The van der Waals surface area contributed by atoms with E-state index in [1.807, 2.05) is 39.0 Å². The van der Waals surface area contributed by atoms with Crippen molar-refractivity contribution >= 4 is 26.5 Å². The number of nitrogens with zero attached hydrogens (tertiary/aromatic N) is 1. The fraction of sp³-hybridized carbons (Fsp3) is 0.160. The molecule has 4 aromatic rings. The van der Waals surface area contributed by atoms with Crippen molar-refractivity contribution in [3.63, 3.8) is 0 Å². The molecule has 1 heterocycles. The van der Waals surface area contributed by atoms with Crippen molar-refractivity contribution in [3.05, 3.63) is 89.0 Å². The number of methoxy groups -OCH3 is 1. The van der Waals surface area contributed by atoms with Gasteiger partial charge in [0.1, 0.15) is 4.90 Å². The molecule has 0 radical (unpaired) electrons. The highest BCUT2D eigenvalue weighted by Crippen LogP contribution is 2.29. The van der Waals surface area contributed by atoms with Crippen LogP contribution in [0.3, 0.4) is 0 Å². The molecule has 0 unspecified atom stereocenters. The highest BCUT2D eigenvalue weighted by atomic mass is 32.2. The molecular weight excluding hydrogens is 410 g/mol. The summed E-state index contributed by atoms with van der Waals surface area (Å²) in [6.45, 7) is 5.85. The molecule has 0 aliphatic carbocycles. The fourth-order valence-corrected chi connectivity index (χ4v) is 4.69. The van der Waals surface area contributed by atoms with Crippen LogP contribution >= 0.6 is 0 Å². The molecule has 0 bridgehead atoms. The molecule has 158 valence electrons. The number of ether oxygens (including phenoxy) is 1. The Morgan fingerprint density at radius 2 is 1.61 bits per heavy atom. The molecular formula is C25H23NO4S. The topological polar surface area (TPSA) is 68.9 Å². The molecule has 0 saturated carbocycles. The summed E-state index contributed by atoms with van der Waals surface area (Å²) >= 11 is 0. The second kappa shape index (κ2) is 8.04. The molecule has 0 aliphatic heterocycles. The highest BCUT2D eigenvalue weighted by molar-refractivity contribution is 7.91. The molecule has 0 atom stereocenters. The Labute approximate surface area is 181 Å². The minimum absolute atomic E-state index is 0.0120. The normalized spacial score (nSPS) is 12.3. The van der Waals surface area contributed by atoms with Gasteiger partial charge < -0.3 is 9.15 Å². The predicted octanol–water partition coefficient (Wildman–Crippen LogP) is 5.43. The summed E-state index contributed by atoms with van der Waals surface area (Å²) in [6.07, 6.45) is 0. The average Bonchev–Trinajstić information content (AvgIpc) is 2.76. The zero-order valence-corrected chi connectivity index (χ0v) is 18.7. The summed E-state index contributed by atoms with van der Waals surface area (Å²) in [5, 5.41) is 0.616. The van der Waals surface area contributed by atoms with E-state index in [9.17, 15) is 8.42 Å². The Morgan fingerprint density at radius 3 is 2.32 bits per heavy atom. The Kier molecular flexibility index (Phi) is 5.41. The SMILES string of the molecule is COc1cccc2cc(S(=O)(=O)c3ccc(C)cc3)c(=Nc3cccc(C)c3C)oc12. The van der Waals surface area contributed by atoms with Crippen LogP contribution in [0.5, 0.6) is 5.75 Å². The van der Waals surface area contributed by atoms with E-state index >= 15 is 0 Å². The van der Waals surface area contributed by atoms with Gasteiger partial charge in [0.25, 0.3) is 0 Å². The van der Waals surface area contributed by atoms with E-state index in [-0.39, 0.29) is 15.3 Å². The van der Waals surface area contributed by atoms with Gasteiger partial charge in [-0.25, -0.2) is 13.4 Å². The number of hydrogen-bond donors (Lipinski definition) is 0. The van der Waals surface area contributed by atoms with Crippen LogP contribution in [-0.4, -0.2) is 15.5 Å². The first kappa shape index (κ1) is 20.9. The lowest BCUT2D eigenvalue weighted by molar-refractivity contribution is 0.404. The van der Waals surface area contributed by atoms with Crippen molar-refractivity contribution in [1.82, 2.24) is 0 Å². The van der Waals surface area contributed by atoms with Gasteiger partial charge in [0.15, 0.2) is 11.3 Å². The zero-order valence-electron chi connectivity index (χ0n) is 17.8. The van der Waals surface area contributed by atoms with Gasteiger partial charge in [-0.05, 0) is 62.2 Å².